The molecule has 0 aromatic carbocycles. The van der Waals surface area contributed by atoms with E-state index in [0.29, 0.717) is 26.3 Å². The Balaban J connectivity index is 4.00. The lowest BCUT2D eigenvalue weighted by Gasteiger charge is -2.21. The highest BCUT2D eigenvalue weighted by Crippen LogP contribution is 2.11. The number of amides is 1. The van der Waals surface area contributed by atoms with Crippen LogP contribution in [-0.4, -0.2) is 70.6 Å². The van der Waals surface area contributed by atoms with Gasteiger partial charge in [-0.25, -0.2) is 0 Å². The predicted octanol–water partition coefficient (Wildman–Crippen LogP) is 0.260. The van der Waals surface area contributed by atoms with E-state index in [-0.39, 0.29) is 6.54 Å². The van der Waals surface area contributed by atoms with Gasteiger partial charge in [-0.05, 0) is 0 Å². The highest BCUT2D eigenvalue weighted by molar-refractivity contribution is 5.78. The Morgan fingerprint density at radius 2 is 1.67 bits per heavy atom. The van der Waals surface area contributed by atoms with Crippen molar-refractivity contribution in [3.8, 4) is 0 Å². The first-order chi connectivity index (χ1) is 8.39. The SMILES string of the molecule is COCCN(CCOC)CC(=O)NCC(F)(F)F. The molecule has 0 aromatic rings. The van der Waals surface area contributed by atoms with Crippen LogP contribution in [0.15, 0.2) is 0 Å². The maximum atomic E-state index is 11.9. The molecule has 108 valence electrons. The third-order valence-electron chi connectivity index (χ3n) is 2.08. The number of hydrogen-bond acceptors (Lipinski definition) is 4. The molecule has 1 amide bonds. The summed E-state index contributed by atoms with van der Waals surface area (Å²) in [5.41, 5.74) is 0. The first kappa shape index (κ1) is 17.1. The summed E-state index contributed by atoms with van der Waals surface area (Å²) in [6, 6.07) is 0. The van der Waals surface area contributed by atoms with Crippen LogP contribution in [0.1, 0.15) is 0 Å². The molecule has 1 N–H and O–H groups in total. The van der Waals surface area contributed by atoms with Crippen LogP contribution in [0.25, 0.3) is 0 Å². The fourth-order valence-corrected chi connectivity index (χ4v) is 1.17. The molecule has 0 spiro atoms. The van der Waals surface area contributed by atoms with Gasteiger partial charge >= 0.3 is 6.18 Å². The molecule has 0 unspecified atom stereocenters. The number of hydrogen-bond donors (Lipinski definition) is 1. The van der Waals surface area contributed by atoms with E-state index in [2.05, 4.69) is 0 Å². The van der Waals surface area contributed by atoms with E-state index in [4.69, 9.17) is 9.47 Å². The number of rotatable bonds is 9. The molecule has 0 aliphatic rings. The number of halogens is 3. The van der Waals surface area contributed by atoms with Gasteiger partial charge in [0.15, 0.2) is 0 Å². The lowest BCUT2D eigenvalue weighted by atomic mass is 10.4. The predicted molar refractivity (Wildman–Crippen MR) is 59.3 cm³/mol. The van der Waals surface area contributed by atoms with Gasteiger partial charge in [0.05, 0.1) is 19.8 Å². The van der Waals surface area contributed by atoms with Crippen molar-refractivity contribution in [2.24, 2.45) is 0 Å². The Morgan fingerprint density at radius 3 is 2.06 bits per heavy atom. The van der Waals surface area contributed by atoms with Gasteiger partial charge in [0.1, 0.15) is 6.54 Å². The Morgan fingerprint density at radius 1 is 1.17 bits per heavy atom. The molecule has 0 radical (unpaired) electrons. The molecule has 0 saturated carbocycles. The molecule has 0 aliphatic carbocycles. The molecule has 0 rings (SSSR count). The van der Waals surface area contributed by atoms with Crippen LogP contribution in [-0.2, 0) is 14.3 Å². The van der Waals surface area contributed by atoms with Crippen LogP contribution in [0.4, 0.5) is 13.2 Å². The van der Waals surface area contributed by atoms with Crippen LogP contribution < -0.4 is 5.32 Å². The zero-order valence-electron chi connectivity index (χ0n) is 10.5. The Kier molecular flexibility index (Phi) is 8.69. The molecular formula is C10H19F3N2O3. The van der Waals surface area contributed by atoms with E-state index in [9.17, 15) is 18.0 Å². The number of methoxy groups -OCH3 is 2. The molecular weight excluding hydrogens is 253 g/mol. The third-order valence-corrected chi connectivity index (χ3v) is 2.08. The quantitative estimate of drug-likeness (QED) is 0.654. The van der Waals surface area contributed by atoms with E-state index in [1.54, 1.807) is 4.90 Å². The topological polar surface area (TPSA) is 50.8 Å². The molecule has 0 heterocycles. The van der Waals surface area contributed by atoms with Gasteiger partial charge < -0.3 is 14.8 Å². The summed E-state index contributed by atoms with van der Waals surface area (Å²) in [6.45, 7) is 0.294. The summed E-state index contributed by atoms with van der Waals surface area (Å²) in [4.78, 5) is 13.0. The van der Waals surface area contributed by atoms with E-state index in [1.165, 1.54) is 14.2 Å². The molecule has 5 nitrogen and oxygen atoms in total. The average Bonchev–Trinajstić information content (AvgIpc) is 2.29. The maximum Gasteiger partial charge on any atom is 0.405 e. The summed E-state index contributed by atoms with van der Waals surface area (Å²) < 4.78 is 45.4. The van der Waals surface area contributed by atoms with Gasteiger partial charge in [0.25, 0.3) is 0 Å². The molecule has 18 heavy (non-hydrogen) atoms. The maximum absolute atomic E-state index is 11.9. The van der Waals surface area contributed by atoms with Crippen LogP contribution in [0.2, 0.25) is 0 Å². The zero-order chi connectivity index (χ0) is 14.0. The summed E-state index contributed by atoms with van der Waals surface area (Å²) in [5, 5.41) is 1.82. The molecule has 0 atom stereocenters. The Labute approximate surface area is 104 Å². The molecule has 0 fully saturated rings. The van der Waals surface area contributed by atoms with Crippen molar-refractivity contribution in [2.75, 3.05) is 53.6 Å². The van der Waals surface area contributed by atoms with E-state index in [1.807, 2.05) is 5.32 Å². The van der Waals surface area contributed by atoms with Gasteiger partial charge in [0.2, 0.25) is 5.91 Å². The van der Waals surface area contributed by atoms with Gasteiger partial charge in [-0.3, -0.25) is 9.69 Å². The second-order valence-corrected chi connectivity index (χ2v) is 3.65. The highest BCUT2D eigenvalue weighted by Gasteiger charge is 2.27. The van der Waals surface area contributed by atoms with E-state index in [0.717, 1.165) is 0 Å². The first-order valence-corrected chi connectivity index (χ1v) is 5.42. The Bertz CT molecular complexity index is 229. The van der Waals surface area contributed by atoms with Crippen LogP contribution in [0.3, 0.4) is 0 Å². The van der Waals surface area contributed by atoms with Crippen molar-refractivity contribution in [3.63, 3.8) is 0 Å². The minimum atomic E-state index is -4.39. The van der Waals surface area contributed by atoms with Crippen LogP contribution in [0, 0.1) is 0 Å². The number of carbonyl (C=O) groups is 1. The monoisotopic (exact) mass is 272 g/mol. The molecule has 0 bridgehead atoms. The van der Waals surface area contributed by atoms with Crippen molar-refractivity contribution in [1.29, 1.82) is 0 Å². The number of alkyl halides is 3. The smallest absolute Gasteiger partial charge is 0.383 e. The first-order valence-electron chi connectivity index (χ1n) is 5.42. The van der Waals surface area contributed by atoms with Crippen molar-refractivity contribution < 1.29 is 27.4 Å². The summed E-state index contributed by atoms with van der Waals surface area (Å²) >= 11 is 0. The Hall–Kier alpha value is -0.860. The van der Waals surface area contributed by atoms with Crippen molar-refractivity contribution in [1.82, 2.24) is 10.2 Å². The standard InChI is InChI=1S/C10H19F3N2O3/c1-17-5-3-15(4-6-18-2)7-9(16)14-8-10(11,12)13/h3-8H2,1-2H3,(H,14,16). The normalized spacial score (nSPS) is 11.9. The fraction of sp³-hybridized carbons (Fsp3) is 0.900. The number of nitrogens with one attached hydrogen (secondary N) is 1. The highest BCUT2D eigenvalue weighted by atomic mass is 19.4. The molecule has 8 heteroatoms. The lowest BCUT2D eigenvalue weighted by Crippen LogP contribution is -2.43. The fourth-order valence-electron chi connectivity index (χ4n) is 1.17. The lowest BCUT2D eigenvalue weighted by molar-refractivity contribution is -0.139. The largest absolute Gasteiger partial charge is 0.405 e. The summed E-state index contributed by atoms with van der Waals surface area (Å²) in [6.07, 6.45) is -4.39. The van der Waals surface area contributed by atoms with Crippen LogP contribution in [0.5, 0.6) is 0 Å². The summed E-state index contributed by atoms with van der Waals surface area (Å²) in [7, 11) is 3.02. The molecule has 0 saturated heterocycles. The summed E-state index contributed by atoms with van der Waals surface area (Å²) in [5.74, 6) is -0.667. The number of carbonyl (C=O) groups excluding carboxylic acids is 1. The second-order valence-electron chi connectivity index (χ2n) is 3.65. The minimum Gasteiger partial charge on any atom is -0.383 e. The molecule has 0 aromatic heterocycles. The zero-order valence-corrected chi connectivity index (χ0v) is 10.5. The third kappa shape index (κ3) is 10.3. The van der Waals surface area contributed by atoms with Gasteiger partial charge in [0, 0.05) is 27.3 Å². The van der Waals surface area contributed by atoms with Crippen molar-refractivity contribution >= 4 is 5.91 Å². The molecule has 0 aliphatic heterocycles. The number of nitrogens with zero attached hydrogens (tertiary/aromatic N) is 1. The van der Waals surface area contributed by atoms with Crippen molar-refractivity contribution in [3.05, 3.63) is 0 Å². The van der Waals surface area contributed by atoms with Gasteiger partial charge in [-0.2, -0.15) is 13.2 Å². The van der Waals surface area contributed by atoms with E-state index >= 15 is 0 Å². The minimum absolute atomic E-state index is 0.108. The average molecular weight is 272 g/mol. The number of ether oxygens (including phenoxy) is 2. The van der Waals surface area contributed by atoms with Crippen LogP contribution >= 0.6 is 0 Å². The second kappa shape index (κ2) is 9.12. The van der Waals surface area contributed by atoms with Crippen molar-refractivity contribution in [2.45, 2.75) is 6.18 Å². The van der Waals surface area contributed by atoms with Gasteiger partial charge in [-0.1, -0.05) is 0 Å². The van der Waals surface area contributed by atoms with Gasteiger partial charge in [-0.15, -0.1) is 0 Å². The van der Waals surface area contributed by atoms with E-state index < -0.39 is 18.6 Å².